The lowest BCUT2D eigenvalue weighted by Crippen LogP contribution is -2.15. The van der Waals surface area contributed by atoms with Crippen molar-refractivity contribution in [1.82, 2.24) is 14.8 Å². The van der Waals surface area contributed by atoms with Crippen LogP contribution in [0.15, 0.2) is 47.6 Å². The number of anilines is 1. The molecule has 0 radical (unpaired) electrons. The van der Waals surface area contributed by atoms with Gasteiger partial charge in [0.05, 0.1) is 11.4 Å². The number of thioether (sulfide) groups is 1. The van der Waals surface area contributed by atoms with E-state index in [1.54, 1.807) is 12.1 Å². The number of aromatic nitrogens is 3. The second-order valence-corrected chi connectivity index (χ2v) is 7.18. The molecule has 0 saturated heterocycles. The first-order chi connectivity index (χ1) is 13.0. The zero-order valence-corrected chi connectivity index (χ0v) is 16.3. The average molecular weight is 384 g/mol. The Morgan fingerprint density at radius 1 is 1.15 bits per heavy atom. The lowest BCUT2D eigenvalue weighted by molar-refractivity contribution is -0.113. The predicted octanol–water partition coefficient (Wildman–Crippen LogP) is 4.45. The summed E-state index contributed by atoms with van der Waals surface area (Å²) < 4.78 is 15.8. The van der Waals surface area contributed by atoms with E-state index in [2.05, 4.69) is 21.6 Å². The van der Waals surface area contributed by atoms with Crippen LogP contribution in [0.1, 0.15) is 18.1 Å². The van der Waals surface area contributed by atoms with Gasteiger partial charge in [0.15, 0.2) is 11.0 Å². The van der Waals surface area contributed by atoms with E-state index in [4.69, 9.17) is 0 Å². The molecule has 1 aromatic heterocycles. The molecule has 27 heavy (non-hydrogen) atoms. The van der Waals surface area contributed by atoms with Gasteiger partial charge < -0.3 is 9.88 Å². The van der Waals surface area contributed by atoms with Gasteiger partial charge in [-0.05, 0) is 44.5 Å². The quantitative estimate of drug-likeness (QED) is 0.638. The average Bonchev–Trinajstić information content (AvgIpc) is 3.06. The summed E-state index contributed by atoms with van der Waals surface area (Å²) >= 11 is 1.28. The smallest absolute Gasteiger partial charge is 0.234 e. The van der Waals surface area contributed by atoms with Gasteiger partial charge in [-0.25, -0.2) is 4.39 Å². The van der Waals surface area contributed by atoms with Crippen molar-refractivity contribution < 1.29 is 9.18 Å². The summed E-state index contributed by atoms with van der Waals surface area (Å²) in [6.45, 7) is 6.57. The second-order valence-electron chi connectivity index (χ2n) is 6.24. The monoisotopic (exact) mass is 384 g/mol. The van der Waals surface area contributed by atoms with Gasteiger partial charge in [0.25, 0.3) is 0 Å². The number of benzene rings is 2. The molecule has 0 aliphatic carbocycles. The van der Waals surface area contributed by atoms with Crippen LogP contribution in [0.3, 0.4) is 0 Å². The van der Waals surface area contributed by atoms with Crippen LogP contribution in [-0.2, 0) is 11.3 Å². The maximum absolute atomic E-state index is 13.8. The van der Waals surface area contributed by atoms with Crippen LogP contribution >= 0.6 is 11.8 Å². The molecular formula is C20H21FN4OS. The van der Waals surface area contributed by atoms with Crippen LogP contribution in [0.5, 0.6) is 0 Å². The molecular weight excluding hydrogens is 363 g/mol. The Kier molecular flexibility index (Phi) is 5.91. The molecule has 0 saturated carbocycles. The van der Waals surface area contributed by atoms with Gasteiger partial charge in [0.2, 0.25) is 5.91 Å². The molecule has 1 N–H and O–H groups in total. The van der Waals surface area contributed by atoms with Crippen LogP contribution in [-0.4, -0.2) is 26.4 Å². The van der Waals surface area contributed by atoms with Crippen LogP contribution in [0.25, 0.3) is 11.4 Å². The molecule has 3 aromatic rings. The lowest BCUT2D eigenvalue weighted by atomic mass is 10.1. The van der Waals surface area contributed by atoms with Gasteiger partial charge in [0.1, 0.15) is 5.82 Å². The molecule has 2 aromatic carbocycles. The van der Waals surface area contributed by atoms with Gasteiger partial charge in [-0.2, -0.15) is 0 Å². The summed E-state index contributed by atoms with van der Waals surface area (Å²) in [6.07, 6.45) is 0. The molecule has 1 heterocycles. The fraction of sp³-hybridized carbons (Fsp3) is 0.250. The number of nitrogens with one attached hydrogen (secondary N) is 1. The van der Waals surface area contributed by atoms with Crippen molar-refractivity contribution in [3.8, 4) is 11.4 Å². The highest BCUT2D eigenvalue weighted by molar-refractivity contribution is 7.99. The van der Waals surface area contributed by atoms with E-state index in [0.29, 0.717) is 11.7 Å². The number of hydrogen-bond donors (Lipinski definition) is 1. The molecule has 0 spiro atoms. The minimum Gasteiger partial charge on any atom is -0.323 e. The number of carbonyl (C=O) groups is 1. The fourth-order valence-corrected chi connectivity index (χ4v) is 3.53. The first-order valence-electron chi connectivity index (χ1n) is 8.67. The number of rotatable bonds is 6. The highest BCUT2D eigenvalue weighted by atomic mass is 32.2. The second kappa shape index (κ2) is 8.35. The van der Waals surface area contributed by atoms with Crippen LogP contribution in [0.2, 0.25) is 0 Å². The summed E-state index contributed by atoms with van der Waals surface area (Å²) in [6, 6.07) is 12.7. The molecule has 0 bridgehead atoms. The molecule has 7 heteroatoms. The van der Waals surface area contributed by atoms with Crippen LogP contribution in [0.4, 0.5) is 10.1 Å². The Balaban J connectivity index is 1.71. The van der Waals surface area contributed by atoms with Crippen molar-refractivity contribution in [3.05, 3.63) is 59.4 Å². The summed E-state index contributed by atoms with van der Waals surface area (Å²) in [5, 5.41) is 11.8. The molecule has 0 fully saturated rings. The number of nitrogens with zero attached hydrogens (tertiary/aromatic N) is 3. The maximum Gasteiger partial charge on any atom is 0.234 e. The van der Waals surface area contributed by atoms with Crippen LogP contribution < -0.4 is 5.32 Å². The third kappa shape index (κ3) is 4.54. The Labute approximate surface area is 162 Å². The molecule has 0 aliphatic heterocycles. The zero-order valence-electron chi connectivity index (χ0n) is 15.5. The van der Waals surface area contributed by atoms with Crippen molar-refractivity contribution in [3.63, 3.8) is 0 Å². The number of halogens is 1. The largest absolute Gasteiger partial charge is 0.323 e. The fourth-order valence-electron chi connectivity index (χ4n) is 2.73. The Hall–Kier alpha value is -2.67. The zero-order chi connectivity index (χ0) is 19.4. The minimum absolute atomic E-state index is 0.124. The molecule has 5 nitrogen and oxygen atoms in total. The summed E-state index contributed by atoms with van der Waals surface area (Å²) in [7, 11) is 0. The SMILES string of the molecule is CCn1c(SCC(=O)Nc2cc(C)ccc2F)nnc1-c1cccc(C)c1. The standard InChI is InChI=1S/C20H21FN4OS/c1-4-25-19(15-7-5-6-13(2)10-15)23-24-20(25)27-12-18(26)22-17-11-14(3)8-9-16(17)21/h5-11H,4,12H2,1-3H3,(H,22,26). The first kappa shape index (κ1) is 19.1. The van der Waals surface area contributed by atoms with Gasteiger partial charge >= 0.3 is 0 Å². The first-order valence-corrected chi connectivity index (χ1v) is 9.65. The Morgan fingerprint density at radius 3 is 2.67 bits per heavy atom. The molecule has 140 valence electrons. The minimum atomic E-state index is -0.447. The Bertz CT molecular complexity index is 970. The van der Waals surface area contributed by atoms with Gasteiger partial charge in [-0.1, -0.05) is 41.6 Å². The van der Waals surface area contributed by atoms with E-state index in [-0.39, 0.29) is 17.3 Å². The molecule has 0 aliphatic rings. The van der Waals surface area contributed by atoms with E-state index in [9.17, 15) is 9.18 Å². The molecule has 3 rings (SSSR count). The highest BCUT2D eigenvalue weighted by Gasteiger charge is 2.15. The lowest BCUT2D eigenvalue weighted by Gasteiger charge is -2.09. The number of amides is 1. The summed E-state index contributed by atoms with van der Waals surface area (Å²) in [5.41, 5.74) is 3.21. The van der Waals surface area contributed by atoms with E-state index >= 15 is 0 Å². The van der Waals surface area contributed by atoms with Gasteiger partial charge in [-0.15, -0.1) is 10.2 Å². The van der Waals surface area contributed by atoms with Crippen molar-refractivity contribution in [2.75, 3.05) is 11.1 Å². The molecule has 0 atom stereocenters. The summed E-state index contributed by atoms with van der Waals surface area (Å²) in [4.78, 5) is 12.2. The van der Waals surface area contributed by atoms with E-state index < -0.39 is 5.82 Å². The summed E-state index contributed by atoms with van der Waals surface area (Å²) in [5.74, 6) is 0.165. The molecule has 1 amide bonds. The van der Waals surface area contributed by atoms with Crippen molar-refractivity contribution in [1.29, 1.82) is 0 Å². The third-order valence-corrected chi connectivity index (χ3v) is 5.00. The Morgan fingerprint density at radius 2 is 1.93 bits per heavy atom. The molecule has 0 unspecified atom stereocenters. The van der Waals surface area contributed by atoms with E-state index in [1.807, 2.05) is 43.5 Å². The number of carbonyl (C=O) groups excluding carboxylic acids is 1. The van der Waals surface area contributed by atoms with Gasteiger partial charge in [-0.3, -0.25) is 4.79 Å². The normalized spacial score (nSPS) is 10.8. The van der Waals surface area contributed by atoms with E-state index in [1.165, 1.54) is 17.8 Å². The number of hydrogen-bond acceptors (Lipinski definition) is 4. The number of aryl methyl sites for hydroxylation is 2. The predicted molar refractivity (Wildman–Crippen MR) is 106 cm³/mol. The third-order valence-electron chi connectivity index (χ3n) is 4.04. The maximum atomic E-state index is 13.8. The van der Waals surface area contributed by atoms with Crippen LogP contribution in [0, 0.1) is 19.7 Å². The van der Waals surface area contributed by atoms with Crippen molar-refractivity contribution in [2.45, 2.75) is 32.5 Å². The van der Waals surface area contributed by atoms with Crippen molar-refractivity contribution >= 4 is 23.4 Å². The van der Waals surface area contributed by atoms with Gasteiger partial charge in [0, 0.05) is 12.1 Å². The topological polar surface area (TPSA) is 59.8 Å². The highest BCUT2D eigenvalue weighted by Crippen LogP contribution is 2.25. The van der Waals surface area contributed by atoms with E-state index in [0.717, 1.165) is 22.5 Å². The van der Waals surface area contributed by atoms with Crippen molar-refractivity contribution in [2.24, 2.45) is 0 Å².